The van der Waals surface area contributed by atoms with Crippen molar-refractivity contribution in [1.82, 2.24) is 9.80 Å². The number of hydrogen-bond donors (Lipinski definition) is 1. The molecular formula is C18H21Br2N3OS. The first-order valence-electron chi connectivity index (χ1n) is 8.26. The van der Waals surface area contributed by atoms with E-state index in [1.165, 1.54) is 5.56 Å². The minimum Gasteiger partial charge on any atom is -0.324 e. The van der Waals surface area contributed by atoms with Gasteiger partial charge in [-0.1, -0.05) is 15.9 Å². The second-order valence-corrected chi connectivity index (χ2v) is 8.78. The van der Waals surface area contributed by atoms with E-state index in [9.17, 15) is 4.79 Å². The predicted molar refractivity (Wildman–Crippen MR) is 111 cm³/mol. The second-order valence-electron chi connectivity index (χ2n) is 6.23. The molecule has 1 fully saturated rings. The molecule has 2 heterocycles. The lowest BCUT2D eigenvalue weighted by Crippen LogP contribution is -2.52. The summed E-state index contributed by atoms with van der Waals surface area (Å²) in [6, 6.07) is 7.80. The Hall–Kier alpha value is -0.730. The number of nitrogens with one attached hydrogen (secondary N) is 1. The molecule has 4 nitrogen and oxygen atoms in total. The van der Waals surface area contributed by atoms with E-state index in [0.717, 1.165) is 47.4 Å². The van der Waals surface area contributed by atoms with Crippen molar-refractivity contribution < 1.29 is 4.79 Å². The smallest absolute Gasteiger partial charge is 0.241 e. The molecule has 1 N–H and O–H groups in total. The van der Waals surface area contributed by atoms with Gasteiger partial charge in [0.1, 0.15) is 0 Å². The highest BCUT2D eigenvalue weighted by Gasteiger charge is 2.26. The van der Waals surface area contributed by atoms with Crippen molar-refractivity contribution in [3.8, 4) is 0 Å². The maximum Gasteiger partial charge on any atom is 0.241 e. The number of carbonyl (C=O) groups is 1. The van der Waals surface area contributed by atoms with Crippen LogP contribution >= 0.6 is 43.2 Å². The fraction of sp³-hybridized carbons (Fsp3) is 0.389. The van der Waals surface area contributed by atoms with Gasteiger partial charge in [0.2, 0.25) is 5.91 Å². The molecule has 1 unspecified atom stereocenters. The monoisotopic (exact) mass is 485 g/mol. The number of amides is 1. The molecule has 1 amide bonds. The quantitative estimate of drug-likeness (QED) is 0.679. The minimum absolute atomic E-state index is 0.0364. The van der Waals surface area contributed by atoms with Crippen LogP contribution < -0.4 is 5.32 Å². The maximum absolute atomic E-state index is 12.6. The summed E-state index contributed by atoms with van der Waals surface area (Å²) in [4.78, 5) is 17.3. The molecule has 1 aromatic carbocycles. The van der Waals surface area contributed by atoms with Gasteiger partial charge in [0.25, 0.3) is 0 Å². The van der Waals surface area contributed by atoms with Gasteiger partial charge in [0.15, 0.2) is 0 Å². The largest absolute Gasteiger partial charge is 0.324 e. The highest BCUT2D eigenvalue weighted by atomic mass is 79.9. The van der Waals surface area contributed by atoms with Gasteiger partial charge in [-0.05, 0) is 63.4 Å². The molecule has 0 saturated carbocycles. The highest BCUT2D eigenvalue weighted by Crippen LogP contribution is 2.26. The highest BCUT2D eigenvalue weighted by molar-refractivity contribution is 9.11. The first-order chi connectivity index (χ1) is 12.0. The molecule has 1 atom stereocenters. The number of nitrogens with zero attached hydrogens (tertiary/aromatic N) is 2. The van der Waals surface area contributed by atoms with Crippen molar-refractivity contribution in [1.29, 1.82) is 0 Å². The molecule has 0 radical (unpaired) electrons. The molecule has 1 aromatic heterocycles. The number of piperazine rings is 1. The standard InChI is InChI=1S/C18H21Br2N3OS/c1-13(18(24)21-17-3-2-15(19)10-16(17)20)23-7-5-22(6-8-23)11-14-4-9-25-12-14/h2-4,9-10,12-13H,5-8,11H2,1H3,(H,21,24). The van der Waals surface area contributed by atoms with Crippen LogP contribution in [0.1, 0.15) is 12.5 Å². The molecular weight excluding hydrogens is 466 g/mol. The summed E-state index contributed by atoms with van der Waals surface area (Å²) < 4.78 is 1.86. The third kappa shape index (κ3) is 5.14. The van der Waals surface area contributed by atoms with E-state index < -0.39 is 0 Å². The Bertz CT molecular complexity index is 715. The van der Waals surface area contributed by atoms with Crippen LogP contribution in [0.5, 0.6) is 0 Å². The maximum atomic E-state index is 12.6. The fourth-order valence-corrected chi connectivity index (χ4v) is 4.75. The summed E-state index contributed by atoms with van der Waals surface area (Å²) in [7, 11) is 0. The van der Waals surface area contributed by atoms with Gasteiger partial charge >= 0.3 is 0 Å². The summed E-state index contributed by atoms with van der Waals surface area (Å²) >= 11 is 8.66. The Morgan fingerprint density at radius 1 is 1.24 bits per heavy atom. The average molecular weight is 487 g/mol. The average Bonchev–Trinajstić information content (AvgIpc) is 3.10. The van der Waals surface area contributed by atoms with Crippen molar-refractivity contribution in [3.63, 3.8) is 0 Å². The van der Waals surface area contributed by atoms with Crippen LogP contribution in [0, 0.1) is 0 Å². The topological polar surface area (TPSA) is 35.6 Å². The number of anilines is 1. The summed E-state index contributed by atoms with van der Waals surface area (Å²) in [6.45, 7) is 6.81. The van der Waals surface area contributed by atoms with Crippen LogP contribution in [0.3, 0.4) is 0 Å². The first-order valence-corrected chi connectivity index (χ1v) is 10.8. The van der Waals surface area contributed by atoms with Gasteiger partial charge in [0, 0.05) is 41.7 Å². The molecule has 0 spiro atoms. The van der Waals surface area contributed by atoms with E-state index in [4.69, 9.17) is 0 Å². The SMILES string of the molecule is CC(C(=O)Nc1ccc(Br)cc1Br)N1CCN(Cc2ccsc2)CC1. The normalized spacial score (nSPS) is 17.4. The fourth-order valence-electron chi connectivity index (χ4n) is 2.94. The van der Waals surface area contributed by atoms with Gasteiger partial charge in [-0.3, -0.25) is 14.6 Å². The minimum atomic E-state index is -0.140. The second kappa shape index (κ2) is 8.77. The first kappa shape index (κ1) is 19.0. The van der Waals surface area contributed by atoms with Crippen LogP contribution in [0.2, 0.25) is 0 Å². The van der Waals surface area contributed by atoms with Crippen LogP contribution in [0.15, 0.2) is 44.0 Å². The number of halogens is 2. The summed E-state index contributed by atoms with van der Waals surface area (Å²) in [5.41, 5.74) is 2.18. The van der Waals surface area contributed by atoms with Crippen molar-refractivity contribution in [2.75, 3.05) is 31.5 Å². The van der Waals surface area contributed by atoms with E-state index in [1.807, 2.05) is 25.1 Å². The Morgan fingerprint density at radius 2 is 2.00 bits per heavy atom. The van der Waals surface area contributed by atoms with E-state index in [2.05, 4.69) is 63.8 Å². The van der Waals surface area contributed by atoms with E-state index in [-0.39, 0.29) is 11.9 Å². The van der Waals surface area contributed by atoms with Crippen molar-refractivity contribution in [2.24, 2.45) is 0 Å². The Labute approximate surface area is 169 Å². The molecule has 2 aromatic rings. The third-order valence-electron chi connectivity index (χ3n) is 4.51. The van der Waals surface area contributed by atoms with E-state index >= 15 is 0 Å². The molecule has 134 valence electrons. The van der Waals surface area contributed by atoms with Gasteiger partial charge in [-0.25, -0.2) is 0 Å². The van der Waals surface area contributed by atoms with Crippen molar-refractivity contribution in [2.45, 2.75) is 19.5 Å². The molecule has 7 heteroatoms. The zero-order valence-corrected chi connectivity index (χ0v) is 18.0. The van der Waals surface area contributed by atoms with Crippen LogP contribution in [0.4, 0.5) is 5.69 Å². The third-order valence-corrected chi connectivity index (χ3v) is 6.39. The van der Waals surface area contributed by atoms with Gasteiger partial charge in [-0.15, -0.1) is 0 Å². The number of rotatable bonds is 5. The molecule has 0 bridgehead atoms. The van der Waals surface area contributed by atoms with Gasteiger partial charge in [0.05, 0.1) is 11.7 Å². The lowest BCUT2D eigenvalue weighted by Gasteiger charge is -2.37. The molecule has 3 rings (SSSR count). The van der Waals surface area contributed by atoms with Crippen LogP contribution in [-0.4, -0.2) is 47.9 Å². The summed E-state index contributed by atoms with van der Waals surface area (Å²) in [6.07, 6.45) is 0. The lowest BCUT2D eigenvalue weighted by atomic mass is 10.2. The number of hydrogen-bond acceptors (Lipinski definition) is 4. The van der Waals surface area contributed by atoms with Crippen molar-refractivity contribution in [3.05, 3.63) is 49.5 Å². The van der Waals surface area contributed by atoms with Crippen LogP contribution in [0.25, 0.3) is 0 Å². The molecule has 1 saturated heterocycles. The lowest BCUT2D eigenvalue weighted by molar-refractivity contribution is -0.121. The van der Waals surface area contributed by atoms with E-state index in [1.54, 1.807) is 11.3 Å². The Morgan fingerprint density at radius 3 is 2.64 bits per heavy atom. The zero-order valence-electron chi connectivity index (χ0n) is 14.0. The van der Waals surface area contributed by atoms with Crippen molar-refractivity contribution >= 4 is 54.8 Å². The Kier molecular flexibility index (Phi) is 6.68. The van der Waals surface area contributed by atoms with Gasteiger partial charge in [-0.2, -0.15) is 11.3 Å². The van der Waals surface area contributed by atoms with Gasteiger partial charge < -0.3 is 5.32 Å². The predicted octanol–water partition coefficient (Wildman–Crippen LogP) is 4.42. The zero-order chi connectivity index (χ0) is 17.8. The van der Waals surface area contributed by atoms with E-state index in [0.29, 0.717) is 0 Å². The molecule has 25 heavy (non-hydrogen) atoms. The number of benzene rings is 1. The molecule has 1 aliphatic rings. The van der Waals surface area contributed by atoms with Crippen LogP contribution in [-0.2, 0) is 11.3 Å². The Balaban J connectivity index is 1.51. The number of thiophene rings is 1. The molecule has 0 aliphatic carbocycles. The number of carbonyl (C=O) groups excluding carboxylic acids is 1. The summed E-state index contributed by atoms with van der Waals surface area (Å²) in [5, 5.41) is 7.35. The molecule has 1 aliphatic heterocycles. The summed E-state index contributed by atoms with van der Waals surface area (Å²) in [5.74, 6) is 0.0364.